The summed E-state index contributed by atoms with van der Waals surface area (Å²) >= 11 is 13.1. The molecule has 0 amide bonds. The zero-order valence-electron chi connectivity index (χ0n) is 13.8. The second-order valence-electron chi connectivity index (χ2n) is 6.21. The number of hydrogen-bond acceptors (Lipinski definition) is 9. The molecule has 13 heteroatoms. The molecule has 26 heavy (non-hydrogen) atoms. The van der Waals surface area contributed by atoms with E-state index >= 15 is 0 Å². The number of fused-ring (bicyclic) bond motifs is 2. The lowest BCUT2D eigenvalue weighted by atomic mass is 10.2. The molecule has 0 bridgehead atoms. The van der Waals surface area contributed by atoms with Crippen molar-refractivity contribution in [2.75, 3.05) is 12.3 Å². The van der Waals surface area contributed by atoms with E-state index in [0.29, 0.717) is 11.2 Å². The first-order chi connectivity index (χ1) is 12.2. The Morgan fingerprint density at radius 1 is 1.42 bits per heavy atom. The molecule has 4 atom stereocenters. The molecule has 0 spiro atoms. The first-order valence-electron chi connectivity index (χ1n) is 7.79. The topological polar surface area (TPSA) is 124 Å². The highest BCUT2D eigenvalue weighted by Gasteiger charge is 2.62. The van der Waals surface area contributed by atoms with Crippen LogP contribution in [0.25, 0.3) is 11.2 Å². The van der Waals surface area contributed by atoms with E-state index in [1.54, 1.807) is 13.8 Å². The Bertz CT molecular complexity index is 893. The number of halogens is 2. The number of nitrogens with two attached hydrogens (primary N) is 1. The molecule has 0 aromatic carbocycles. The SMILES string of the molecule is CC(C)O[P@@]1(=O)OC[C@H]2O[C@@H](n3cnc4c(N)ncnc43)C(Cl)(Cl)[C@@H]2O1. The molecule has 2 aromatic rings. The van der Waals surface area contributed by atoms with Crippen LogP contribution in [0.5, 0.6) is 0 Å². The number of phosphoric ester groups is 1. The number of hydrogen-bond donors (Lipinski definition) is 1. The molecule has 2 aromatic heterocycles. The van der Waals surface area contributed by atoms with Gasteiger partial charge in [0.15, 0.2) is 22.0 Å². The van der Waals surface area contributed by atoms with Gasteiger partial charge in [0.25, 0.3) is 0 Å². The monoisotopic (exact) mass is 423 g/mol. The minimum absolute atomic E-state index is 0.0455. The van der Waals surface area contributed by atoms with Crippen LogP contribution in [-0.2, 0) is 22.9 Å². The number of ether oxygens (including phenoxy) is 1. The third-order valence-corrected chi connectivity index (χ3v) is 6.40. The second kappa shape index (κ2) is 6.27. The number of rotatable bonds is 3. The lowest BCUT2D eigenvalue weighted by molar-refractivity contribution is -0.0733. The van der Waals surface area contributed by atoms with Gasteiger partial charge >= 0.3 is 7.82 Å². The van der Waals surface area contributed by atoms with E-state index in [0.717, 1.165) is 0 Å². The number of anilines is 1. The van der Waals surface area contributed by atoms with Gasteiger partial charge in [0.1, 0.15) is 24.1 Å². The second-order valence-corrected chi connectivity index (χ2v) is 9.23. The summed E-state index contributed by atoms with van der Waals surface area (Å²) in [7, 11) is -3.80. The predicted molar refractivity (Wildman–Crippen MR) is 92.7 cm³/mol. The largest absolute Gasteiger partial charge is 0.475 e. The molecule has 2 saturated heterocycles. The molecule has 2 N–H and O–H groups in total. The van der Waals surface area contributed by atoms with Crippen LogP contribution in [0.15, 0.2) is 12.7 Å². The van der Waals surface area contributed by atoms with Crippen LogP contribution in [0.2, 0.25) is 0 Å². The summed E-state index contributed by atoms with van der Waals surface area (Å²) in [6.07, 6.45) is -0.133. The van der Waals surface area contributed by atoms with Crippen molar-refractivity contribution in [1.29, 1.82) is 0 Å². The van der Waals surface area contributed by atoms with Crippen LogP contribution in [0.1, 0.15) is 20.1 Å². The number of nitrogen functional groups attached to an aromatic ring is 1. The lowest BCUT2D eigenvalue weighted by Gasteiger charge is -2.33. The fourth-order valence-corrected chi connectivity index (χ4v) is 5.33. The van der Waals surface area contributed by atoms with Crippen molar-refractivity contribution in [3.8, 4) is 0 Å². The highest BCUT2D eigenvalue weighted by molar-refractivity contribution is 7.48. The van der Waals surface area contributed by atoms with E-state index in [9.17, 15) is 4.57 Å². The Kier molecular flexibility index (Phi) is 4.43. The summed E-state index contributed by atoms with van der Waals surface area (Å²) in [5.41, 5.74) is 6.59. The van der Waals surface area contributed by atoms with E-state index in [4.69, 9.17) is 47.2 Å². The van der Waals surface area contributed by atoms with Crippen LogP contribution in [0, 0.1) is 0 Å². The minimum Gasteiger partial charge on any atom is -0.382 e. The van der Waals surface area contributed by atoms with Gasteiger partial charge in [0, 0.05) is 0 Å². The minimum atomic E-state index is -3.80. The zero-order valence-corrected chi connectivity index (χ0v) is 16.2. The average molecular weight is 424 g/mol. The number of aromatic nitrogens is 4. The van der Waals surface area contributed by atoms with E-state index in [2.05, 4.69) is 15.0 Å². The predicted octanol–water partition coefficient (Wildman–Crippen LogP) is 2.43. The summed E-state index contributed by atoms with van der Waals surface area (Å²) < 4.78 is 34.5. The first kappa shape index (κ1) is 18.4. The van der Waals surface area contributed by atoms with Crippen molar-refractivity contribution >= 4 is 48.0 Å². The standard InChI is InChI=1S/C13H16Cl2N5O5P/c1-6(2)24-26(21)22-3-7-9(25-26)13(14,15)12(23-7)20-5-19-8-10(16)17-4-18-11(8)20/h4-7,9,12H,3H2,1-2H3,(H2,16,17,18)/t7-,9-,12-,26-/m1/s1. The summed E-state index contributed by atoms with van der Waals surface area (Å²) in [4.78, 5) is 12.2. The maximum absolute atomic E-state index is 12.6. The van der Waals surface area contributed by atoms with Crippen molar-refractivity contribution in [1.82, 2.24) is 19.5 Å². The van der Waals surface area contributed by atoms with Gasteiger partial charge in [-0.05, 0) is 13.8 Å². The molecule has 0 aliphatic carbocycles. The van der Waals surface area contributed by atoms with E-state index in [-0.39, 0.29) is 18.5 Å². The zero-order chi connectivity index (χ0) is 18.7. The molecule has 0 unspecified atom stereocenters. The normalized spacial score (nSPS) is 33.7. The molecule has 2 fully saturated rings. The van der Waals surface area contributed by atoms with E-state index < -0.39 is 30.6 Å². The van der Waals surface area contributed by atoms with Gasteiger partial charge in [-0.3, -0.25) is 18.1 Å². The van der Waals surface area contributed by atoms with Gasteiger partial charge in [0.05, 0.1) is 19.0 Å². The summed E-state index contributed by atoms with van der Waals surface area (Å²) in [5, 5.41) is 0. The molecule has 4 heterocycles. The molecule has 4 rings (SSSR count). The van der Waals surface area contributed by atoms with Crippen LogP contribution in [-0.4, -0.2) is 48.8 Å². The molecule has 0 saturated carbocycles. The molecule has 2 aliphatic heterocycles. The van der Waals surface area contributed by atoms with Crippen molar-refractivity contribution < 1.29 is 22.9 Å². The summed E-state index contributed by atoms with van der Waals surface area (Å²) in [6.45, 7) is 3.38. The Balaban J connectivity index is 1.68. The third-order valence-electron chi connectivity index (χ3n) is 3.97. The fourth-order valence-electron chi connectivity index (χ4n) is 2.92. The Morgan fingerprint density at radius 2 is 2.19 bits per heavy atom. The van der Waals surface area contributed by atoms with Crippen molar-refractivity contribution in [2.24, 2.45) is 0 Å². The lowest BCUT2D eigenvalue weighted by Crippen LogP contribution is -2.42. The molecular formula is C13H16Cl2N5O5P. The quantitative estimate of drug-likeness (QED) is 0.584. The number of imidazole rings is 1. The van der Waals surface area contributed by atoms with Crippen molar-refractivity contribution in [3.63, 3.8) is 0 Å². The number of phosphoric acid groups is 1. The van der Waals surface area contributed by atoms with Gasteiger partial charge in [0.2, 0.25) is 0 Å². The summed E-state index contributed by atoms with van der Waals surface area (Å²) in [5.74, 6) is 0.216. The molecule has 142 valence electrons. The highest BCUT2D eigenvalue weighted by Crippen LogP contribution is 2.61. The molecule has 2 aliphatic rings. The average Bonchev–Trinajstić information content (AvgIpc) is 3.07. The van der Waals surface area contributed by atoms with Crippen LogP contribution in [0.4, 0.5) is 5.82 Å². The van der Waals surface area contributed by atoms with E-state index in [1.807, 2.05) is 0 Å². The number of alkyl halides is 2. The molecule has 0 radical (unpaired) electrons. The van der Waals surface area contributed by atoms with Crippen LogP contribution >= 0.6 is 31.0 Å². The van der Waals surface area contributed by atoms with Crippen LogP contribution < -0.4 is 5.73 Å². The van der Waals surface area contributed by atoms with Gasteiger partial charge in [-0.25, -0.2) is 19.5 Å². The maximum Gasteiger partial charge on any atom is 0.475 e. The van der Waals surface area contributed by atoms with Crippen molar-refractivity contribution in [2.45, 2.75) is 42.7 Å². The third kappa shape index (κ3) is 2.90. The molecule has 10 nitrogen and oxygen atoms in total. The highest BCUT2D eigenvalue weighted by atomic mass is 35.5. The van der Waals surface area contributed by atoms with Gasteiger partial charge < -0.3 is 10.5 Å². The Hall–Kier alpha value is -1.00. The van der Waals surface area contributed by atoms with Gasteiger partial charge in [-0.15, -0.1) is 0 Å². The van der Waals surface area contributed by atoms with Crippen molar-refractivity contribution in [3.05, 3.63) is 12.7 Å². The Morgan fingerprint density at radius 3 is 2.92 bits per heavy atom. The fraction of sp³-hybridized carbons (Fsp3) is 0.615. The summed E-state index contributed by atoms with van der Waals surface area (Å²) in [6, 6.07) is 0. The Labute approximate surface area is 158 Å². The van der Waals surface area contributed by atoms with Gasteiger partial charge in [-0.2, -0.15) is 0 Å². The van der Waals surface area contributed by atoms with Crippen LogP contribution in [0.3, 0.4) is 0 Å². The number of nitrogens with zero attached hydrogens (tertiary/aromatic N) is 4. The first-order valence-corrected chi connectivity index (χ1v) is 10.0. The maximum atomic E-state index is 12.6. The smallest absolute Gasteiger partial charge is 0.382 e. The molecular weight excluding hydrogens is 408 g/mol. The van der Waals surface area contributed by atoms with E-state index in [1.165, 1.54) is 17.2 Å². The van der Waals surface area contributed by atoms with Gasteiger partial charge in [-0.1, -0.05) is 23.2 Å².